The molecule has 1 amide bonds. The second-order valence-electron chi connectivity index (χ2n) is 3.99. The van der Waals surface area contributed by atoms with Crippen molar-refractivity contribution < 1.29 is 13.6 Å². The van der Waals surface area contributed by atoms with Gasteiger partial charge in [-0.05, 0) is 42.0 Å². The van der Waals surface area contributed by atoms with Crippen LogP contribution in [-0.2, 0) is 0 Å². The molecule has 0 atom stereocenters. The number of carbonyl (C=O) groups excluding carboxylic acids is 1. The standard InChI is InChI=1S/C14H11F2N3O/c15-12-6-1-9(7-13(12)16)8-18-19-14(20)10-2-4-11(17)5-3-10/h1-8H,17H2,(H,19,20)/b18-8-. The third-order valence-electron chi connectivity index (χ3n) is 2.50. The average Bonchev–Trinajstić information content (AvgIpc) is 2.43. The van der Waals surface area contributed by atoms with Gasteiger partial charge in [0, 0.05) is 11.3 Å². The van der Waals surface area contributed by atoms with E-state index in [4.69, 9.17) is 5.73 Å². The second kappa shape index (κ2) is 5.92. The van der Waals surface area contributed by atoms with Gasteiger partial charge in [-0.1, -0.05) is 6.07 Å². The van der Waals surface area contributed by atoms with Gasteiger partial charge >= 0.3 is 0 Å². The number of nitrogens with zero attached hydrogens (tertiary/aromatic N) is 1. The first-order valence-corrected chi connectivity index (χ1v) is 5.70. The molecule has 0 unspecified atom stereocenters. The van der Waals surface area contributed by atoms with Crippen molar-refractivity contribution in [1.29, 1.82) is 0 Å². The number of carbonyl (C=O) groups is 1. The Hall–Kier alpha value is -2.76. The summed E-state index contributed by atoms with van der Waals surface area (Å²) in [5.74, 6) is -2.34. The van der Waals surface area contributed by atoms with E-state index >= 15 is 0 Å². The molecule has 6 heteroatoms. The molecule has 0 saturated heterocycles. The molecule has 102 valence electrons. The van der Waals surface area contributed by atoms with Crippen LogP contribution in [-0.4, -0.2) is 12.1 Å². The van der Waals surface area contributed by atoms with Crippen LogP contribution in [0.15, 0.2) is 47.6 Å². The van der Waals surface area contributed by atoms with Gasteiger partial charge < -0.3 is 5.73 Å². The summed E-state index contributed by atoms with van der Waals surface area (Å²) in [6, 6.07) is 9.60. The molecule has 0 heterocycles. The number of rotatable bonds is 3. The lowest BCUT2D eigenvalue weighted by Gasteiger charge is -2.00. The van der Waals surface area contributed by atoms with Crippen molar-refractivity contribution in [3.05, 3.63) is 65.2 Å². The number of hydrogen-bond acceptors (Lipinski definition) is 3. The van der Waals surface area contributed by atoms with Gasteiger partial charge in [0.1, 0.15) is 0 Å². The van der Waals surface area contributed by atoms with E-state index in [1.165, 1.54) is 12.3 Å². The van der Waals surface area contributed by atoms with Gasteiger partial charge in [-0.25, -0.2) is 14.2 Å². The normalized spacial score (nSPS) is 10.7. The number of nitrogens with one attached hydrogen (secondary N) is 1. The Balaban J connectivity index is 2.00. The zero-order valence-corrected chi connectivity index (χ0v) is 10.3. The maximum Gasteiger partial charge on any atom is 0.271 e. The van der Waals surface area contributed by atoms with Crippen molar-refractivity contribution in [1.82, 2.24) is 5.43 Å². The summed E-state index contributed by atoms with van der Waals surface area (Å²) in [6.07, 6.45) is 1.22. The van der Waals surface area contributed by atoms with E-state index in [2.05, 4.69) is 10.5 Å². The molecule has 2 rings (SSSR count). The zero-order chi connectivity index (χ0) is 14.5. The number of halogens is 2. The van der Waals surface area contributed by atoms with E-state index in [-0.39, 0.29) is 0 Å². The highest BCUT2D eigenvalue weighted by atomic mass is 19.2. The predicted octanol–water partition coefficient (Wildman–Crippen LogP) is 2.31. The van der Waals surface area contributed by atoms with Crippen LogP contribution in [0.25, 0.3) is 0 Å². The topological polar surface area (TPSA) is 67.5 Å². The lowest BCUT2D eigenvalue weighted by atomic mass is 10.2. The molecule has 0 aromatic heterocycles. The summed E-state index contributed by atoms with van der Waals surface area (Å²) in [4.78, 5) is 11.7. The number of benzene rings is 2. The number of nitrogens with two attached hydrogens (primary N) is 1. The Morgan fingerprint density at radius 1 is 1.10 bits per heavy atom. The number of hydrogen-bond donors (Lipinski definition) is 2. The van der Waals surface area contributed by atoms with Gasteiger partial charge in [0.15, 0.2) is 11.6 Å². The van der Waals surface area contributed by atoms with Gasteiger partial charge in [-0.2, -0.15) is 5.10 Å². The molecule has 0 radical (unpaired) electrons. The van der Waals surface area contributed by atoms with E-state index in [0.29, 0.717) is 16.8 Å². The molecule has 0 fully saturated rings. The number of amides is 1. The fourth-order valence-corrected chi connectivity index (χ4v) is 1.46. The third kappa shape index (κ3) is 3.38. The quantitative estimate of drug-likeness (QED) is 0.513. The fraction of sp³-hybridized carbons (Fsp3) is 0. The Labute approximate surface area is 113 Å². The van der Waals surface area contributed by atoms with Crippen LogP contribution in [0, 0.1) is 11.6 Å². The first kappa shape index (κ1) is 13.7. The van der Waals surface area contributed by atoms with Gasteiger partial charge in [0.25, 0.3) is 5.91 Å². The summed E-state index contributed by atoms with van der Waals surface area (Å²) in [6.45, 7) is 0. The molecule has 0 aliphatic carbocycles. The maximum absolute atomic E-state index is 12.9. The van der Waals surface area contributed by atoms with Crippen LogP contribution < -0.4 is 11.2 Å². The van der Waals surface area contributed by atoms with E-state index in [9.17, 15) is 13.6 Å². The largest absolute Gasteiger partial charge is 0.399 e. The molecule has 0 aliphatic rings. The van der Waals surface area contributed by atoms with Crippen LogP contribution in [0.3, 0.4) is 0 Å². The van der Waals surface area contributed by atoms with Crippen LogP contribution >= 0.6 is 0 Å². The predicted molar refractivity (Wildman–Crippen MR) is 72.3 cm³/mol. The van der Waals surface area contributed by atoms with Crippen molar-refractivity contribution in [2.24, 2.45) is 5.10 Å². The SMILES string of the molecule is Nc1ccc(C(=O)N/N=C\c2ccc(F)c(F)c2)cc1. The minimum Gasteiger partial charge on any atom is -0.399 e. The van der Waals surface area contributed by atoms with Crippen LogP contribution in [0.2, 0.25) is 0 Å². The monoisotopic (exact) mass is 275 g/mol. The lowest BCUT2D eigenvalue weighted by Crippen LogP contribution is -2.17. The van der Waals surface area contributed by atoms with Crippen molar-refractivity contribution in [2.45, 2.75) is 0 Å². The summed E-state index contributed by atoms with van der Waals surface area (Å²) >= 11 is 0. The Bertz CT molecular complexity index is 654. The highest BCUT2D eigenvalue weighted by Gasteiger charge is 2.03. The van der Waals surface area contributed by atoms with Crippen molar-refractivity contribution in [3.8, 4) is 0 Å². The van der Waals surface area contributed by atoms with Gasteiger partial charge in [-0.3, -0.25) is 4.79 Å². The molecule has 20 heavy (non-hydrogen) atoms. The van der Waals surface area contributed by atoms with Crippen molar-refractivity contribution >= 4 is 17.8 Å². The number of anilines is 1. The van der Waals surface area contributed by atoms with E-state index in [1.54, 1.807) is 24.3 Å². The molecular formula is C14H11F2N3O. The van der Waals surface area contributed by atoms with Crippen molar-refractivity contribution in [2.75, 3.05) is 5.73 Å². The third-order valence-corrected chi connectivity index (χ3v) is 2.50. The van der Waals surface area contributed by atoms with Gasteiger partial charge in [-0.15, -0.1) is 0 Å². The van der Waals surface area contributed by atoms with Crippen molar-refractivity contribution in [3.63, 3.8) is 0 Å². The molecule has 0 bridgehead atoms. The molecule has 0 spiro atoms. The minimum atomic E-state index is -0.973. The van der Waals surface area contributed by atoms with Crippen LogP contribution in [0.1, 0.15) is 15.9 Å². The summed E-state index contributed by atoms with van der Waals surface area (Å²) in [5.41, 5.74) is 9.05. The molecular weight excluding hydrogens is 264 g/mol. The molecule has 0 aliphatic heterocycles. The van der Waals surface area contributed by atoms with E-state index < -0.39 is 17.5 Å². The fourth-order valence-electron chi connectivity index (χ4n) is 1.46. The smallest absolute Gasteiger partial charge is 0.271 e. The highest BCUT2D eigenvalue weighted by Crippen LogP contribution is 2.07. The summed E-state index contributed by atoms with van der Waals surface area (Å²) in [7, 11) is 0. The Kier molecular flexibility index (Phi) is 4.05. The van der Waals surface area contributed by atoms with Crippen LogP contribution in [0.5, 0.6) is 0 Å². The Morgan fingerprint density at radius 2 is 1.80 bits per heavy atom. The first-order chi connectivity index (χ1) is 9.56. The maximum atomic E-state index is 12.9. The van der Waals surface area contributed by atoms with E-state index in [0.717, 1.165) is 12.1 Å². The Morgan fingerprint density at radius 3 is 2.45 bits per heavy atom. The van der Waals surface area contributed by atoms with E-state index in [1.807, 2.05) is 0 Å². The minimum absolute atomic E-state index is 0.335. The molecule has 2 aromatic rings. The van der Waals surface area contributed by atoms with Gasteiger partial charge in [0.2, 0.25) is 0 Å². The second-order valence-corrected chi connectivity index (χ2v) is 3.99. The molecule has 0 saturated carbocycles. The molecule has 4 nitrogen and oxygen atoms in total. The number of nitrogen functional groups attached to an aromatic ring is 1. The highest BCUT2D eigenvalue weighted by molar-refractivity contribution is 5.95. The number of hydrazone groups is 1. The molecule has 2 aromatic carbocycles. The van der Waals surface area contributed by atoms with Crippen LogP contribution in [0.4, 0.5) is 14.5 Å². The summed E-state index contributed by atoms with van der Waals surface area (Å²) in [5, 5.41) is 3.67. The average molecular weight is 275 g/mol. The first-order valence-electron chi connectivity index (χ1n) is 5.70. The van der Waals surface area contributed by atoms with Gasteiger partial charge in [0.05, 0.1) is 6.21 Å². The lowest BCUT2D eigenvalue weighted by molar-refractivity contribution is 0.0955. The summed E-state index contributed by atoms with van der Waals surface area (Å²) < 4.78 is 25.6. The zero-order valence-electron chi connectivity index (χ0n) is 10.3. The molecule has 3 N–H and O–H groups in total.